The van der Waals surface area contributed by atoms with Gasteiger partial charge in [-0.2, -0.15) is 0 Å². The summed E-state index contributed by atoms with van der Waals surface area (Å²) < 4.78 is 22.2. The van der Waals surface area contributed by atoms with Crippen molar-refractivity contribution in [2.75, 3.05) is 13.2 Å². The number of aliphatic hydroxyl groups excluding tert-OH is 1. The number of aryl methyl sites for hydroxylation is 1. The van der Waals surface area contributed by atoms with E-state index in [9.17, 15) is 14.7 Å². The van der Waals surface area contributed by atoms with Gasteiger partial charge in [-0.3, -0.25) is 13.9 Å². The van der Waals surface area contributed by atoms with Gasteiger partial charge in [0, 0.05) is 18.2 Å². The molecule has 196 valence electrons. The van der Waals surface area contributed by atoms with Crippen LogP contribution in [0, 0.1) is 6.92 Å². The summed E-state index contributed by atoms with van der Waals surface area (Å²) in [5.41, 5.74) is -0.439. The molecule has 1 aromatic heterocycles. The van der Waals surface area contributed by atoms with Crippen LogP contribution in [0.15, 0.2) is 15.8 Å². The molecule has 3 atom stereocenters. The SMILES string of the molecule is Cc1cn([C@H]2C[C@H](O[Si](C)(C)C(C)(C)C)[C@@H](CO[Si](C)(C)C(C)(C)C)O2)c(=O)n(CCO)c1=O. The van der Waals surface area contributed by atoms with E-state index in [0.29, 0.717) is 18.6 Å². The molecule has 0 saturated carbocycles. The lowest BCUT2D eigenvalue weighted by Gasteiger charge is -2.40. The summed E-state index contributed by atoms with van der Waals surface area (Å²) >= 11 is 0. The number of hydrogen-bond acceptors (Lipinski definition) is 6. The predicted octanol–water partition coefficient (Wildman–Crippen LogP) is 4.01. The van der Waals surface area contributed by atoms with Crippen LogP contribution in [-0.4, -0.2) is 56.3 Å². The number of aromatic nitrogens is 2. The number of nitrogens with zero attached hydrogens (tertiary/aromatic N) is 2. The highest BCUT2D eigenvalue weighted by Gasteiger charge is 2.46. The van der Waals surface area contributed by atoms with Crippen molar-refractivity contribution in [1.82, 2.24) is 9.13 Å². The van der Waals surface area contributed by atoms with Crippen LogP contribution in [0.4, 0.5) is 0 Å². The third kappa shape index (κ3) is 6.20. The molecule has 0 radical (unpaired) electrons. The molecule has 2 rings (SSSR count). The van der Waals surface area contributed by atoms with E-state index in [0.717, 1.165) is 4.57 Å². The molecule has 0 aliphatic carbocycles. The first-order chi connectivity index (χ1) is 15.3. The number of aliphatic hydroxyl groups is 1. The molecule has 0 unspecified atom stereocenters. The lowest BCUT2D eigenvalue weighted by atomic mass is 10.2. The van der Waals surface area contributed by atoms with Gasteiger partial charge in [0.2, 0.25) is 0 Å². The van der Waals surface area contributed by atoms with Crippen molar-refractivity contribution in [3.63, 3.8) is 0 Å². The van der Waals surface area contributed by atoms with E-state index in [1.54, 1.807) is 13.1 Å². The Bertz CT molecular complexity index is 972. The molecule has 8 nitrogen and oxygen atoms in total. The van der Waals surface area contributed by atoms with E-state index >= 15 is 0 Å². The van der Waals surface area contributed by atoms with Gasteiger partial charge in [0.15, 0.2) is 16.6 Å². The maximum atomic E-state index is 13.1. The first-order valence-corrected chi connectivity index (χ1v) is 18.0. The normalized spacial score (nSPS) is 22.4. The van der Waals surface area contributed by atoms with Crippen molar-refractivity contribution >= 4 is 16.6 Å². The van der Waals surface area contributed by atoms with Gasteiger partial charge in [-0.05, 0) is 43.2 Å². The summed E-state index contributed by atoms with van der Waals surface area (Å²) in [6, 6.07) is 0. The molecule has 1 saturated heterocycles. The smallest absolute Gasteiger partial charge is 0.333 e. The average molecular weight is 515 g/mol. The van der Waals surface area contributed by atoms with Crippen molar-refractivity contribution in [2.24, 2.45) is 0 Å². The van der Waals surface area contributed by atoms with Crippen molar-refractivity contribution in [2.45, 2.75) is 116 Å². The Morgan fingerprint density at radius 3 is 2.12 bits per heavy atom. The third-order valence-electron chi connectivity index (χ3n) is 7.85. The number of ether oxygens (including phenoxy) is 1. The van der Waals surface area contributed by atoms with Crippen molar-refractivity contribution in [3.8, 4) is 0 Å². The van der Waals surface area contributed by atoms with Gasteiger partial charge >= 0.3 is 5.69 Å². The summed E-state index contributed by atoms with van der Waals surface area (Å²) in [7, 11) is -4.12. The molecule has 1 fully saturated rings. The molecule has 1 N–H and O–H groups in total. The molecule has 1 aliphatic heterocycles. The molecule has 0 bridgehead atoms. The monoisotopic (exact) mass is 514 g/mol. The summed E-state index contributed by atoms with van der Waals surface area (Å²) in [5.74, 6) is 0. The third-order valence-corrected chi connectivity index (χ3v) is 16.9. The summed E-state index contributed by atoms with van der Waals surface area (Å²) in [5, 5.41) is 9.44. The molecule has 34 heavy (non-hydrogen) atoms. The molecule has 1 aliphatic rings. The lowest BCUT2D eigenvalue weighted by molar-refractivity contribution is -0.0418. The fraction of sp³-hybridized carbons (Fsp3) is 0.833. The second kappa shape index (κ2) is 10.1. The number of rotatable bonds is 8. The molecule has 0 aromatic carbocycles. The van der Waals surface area contributed by atoms with Gasteiger partial charge in [0.05, 0.1) is 25.9 Å². The summed E-state index contributed by atoms with van der Waals surface area (Å²) in [6.07, 6.45) is 0.942. The maximum Gasteiger partial charge on any atom is 0.333 e. The van der Waals surface area contributed by atoms with Crippen molar-refractivity contribution in [3.05, 3.63) is 32.6 Å². The Balaban J connectivity index is 2.41. The zero-order chi connectivity index (χ0) is 26.3. The second-order valence-electron chi connectivity index (χ2n) is 12.5. The zero-order valence-electron chi connectivity index (χ0n) is 23.0. The van der Waals surface area contributed by atoms with Gasteiger partial charge in [0.1, 0.15) is 12.3 Å². The van der Waals surface area contributed by atoms with Gasteiger partial charge in [-0.15, -0.1) is 0 Å². The van der Waals surface area contributed by atoms with Crippen LogP contribution in [0.2, 0.25) is 36.3 Å². The molecule has 0 spiro atoms. The van der Waals surface area contributed by atoms with E-state index in [2.05, 4.69) is 67.7 Å². The first-order valence-electron chi connectivity index (χ1n) is 12.2. The van der Waals surface area contributed by atoms with E-state index in [-0.39, 0.29) is 41.0 Å². The Labute approximate surface area is 206 Å². The van der Waals surface area contributed by atoms with Gasteiger partial charge in [-0.25, -0.2) is 4.79 Å². The second-order valence-corrected chi connectivity index (χ2v) is 22.1. The standard InChI is InChI=1S/C24H46N2O6Si2/c1-17-15-26(22(29)25(12-13-27)21(17)28)20-14-18(32-34(10,11)24(5,6)7)19(31-20)16-30-33(8,9)23(2,3)4/h15,18-20,27H,12-14,16H2,1-11H3/t18-,19+,20+/m0/s1. The lowest BCUT2D eigenvalue weighted by Crippen LogP contribution is -2.48. The van der Waals surface area contributed by atoms with Crippen LogP contribution in [0.3, 0.4) is 0 Å². The first kappa shape index (κ1) is 29.2. The van der Waals surface area contributed by atoms with E-state index in [1.165, 1.54) is 4.57 Å². The highest BCUT2D eigenvalue weighted by molar-refractivity contribution is 6.74. The highest BCUT2D eigenvalue weighted by Crippen LogP contribution is 2.42. The highest BCUT2D eigenvalue weighted by atomic mass is 28.4. The summed E-state index contributed by atoms with van der Waals surface area (Å²) in [4.78, 5) is 25.5. The van der Waals surface area contributed by atoms with Crippen LogP contribution in [0.25, 0.3) is 0 Å². The molecule has 0 amide bonds. The minimum Gasteiger partial charge on any atom is -0.414 e. The van der Waals surface area contributed by atoms with Gasteiger partial charge < -0.3 is 18.7 Å². The molecule has 1 aromatic rings. The quantitative estimate of drug-likeness (QED) is 0.527. The predicted molar refractivity (Wildman–Crippen MR) is 141 cm³/mol. The number of hydrogen-bond donors (Lipinski definition) is 1. The van der Waals surface area contributed by atoms with E-state index < -0.39 is 28.6 Å². The Morgan fingerprint density at radius 1 is 1.06 bits per heavy atom. The van der Waals surface area contributed by atoms with Crippen LogP contribution >= 0.6 is 0 Å². The minimum atomic E-state index is -2.11. The molecular formula is C24H46N2O6Si2. The van der Waals surface area contributed by atoms with Crippen LogP contribution in [-0.2, 0) is 20.1 Å². The topological polar surface area (TPSA) is 91.9 Å². The average Bonchev–Trinajstić information content (AvgIpc) is 3.06. The fourth-order valence-electron chi connectivity index (χ4n) is 3.47. The van der Waals surface area contributed by atoms with E-state index in [4.69, 9.17) is 13.6 Å². The zero-order valence-corrected chi connectivity index (χ0v) is 25.0. The van der Waals surface area contributed by atoms with E-state index in [1.807, 2.05) is 0 Å². The molecular weight excluding hydrogens is 468 g/mol. The minimum absolute atomic E-state index is 0.0255. The molecule has 10 heteroatoms. The largest absolute Gasteiger partial charge is 0.414 e. The van der Waals surface area contributed by atoms with Crippen molar-refractivity contribution < 1.29 is 18.7 Å². The van der Waals surface area contributed by atoms with Crippen molar-refractivity contribution in [1.29, 1.82) is 0 Å². The van der Waals surface area contributed by atoms with Crippen LogP contribution < -0.4 is 11.2 Å². The Morgan fingerprint density at radius 2 is 1.62 bits per heavy atom. The van der Waals surface area contributed by atoms with Crippen LogP contribution in [0.5, 0.6) is 0 Å². The van der Waals surface area contributed by atoms with Gasteiger partial charge in [0.25, 0.3) is 5.56 Å². The Hall–Kier alpha value is -1.05. The molecule has 2 heterocycles. The van der Waals surface area contributed by atoms with Crippen LogP contribution in [0.1, 0.15) is 59.8 Å². The fourth-order valence-corrected chi connectivity index (χ4v) is 5.84. The van der Waals surface area contributed by atoms with Gasteiger partial charge in [-0.1, -0.05) is 41.5 Å². The summed E-state index contributed by atoms with van der Waals surface area (Å²) in [6.45, 7) is 23.8. The maximum absolute atomic E-state index is 13.1. The Kier molecular flexibility index (Phi) is 8.70.